The Kier molecular flexibility index (Phi) is 4.99. The van der Waals surface area contributed by atoms with Crippen molar-refractivity contribution in [2.75, 3.05) is 5.73 Å². The van der Waals surface area contributed by atoms with Crippen LogP contribution in [0.15, 0.2) is 78.0 Å². The number of hydrogen-bond donors (Lipinski definition) is 1. The molecule has 0 saturated heterocycles. The van der Waals surface area contributed by atoms with Crippen LogP contribution in [0.5, 0.6) is 0 Å². The molecule has 6 heteroatoms. The highest BCUT2D eigenvalue weighted by Crippen LogP contribution is 2.22. The van der Waals surface area contributed by atoms with Gasteiger partial charge in [-0.25, -0.2) is 4.98 Å². The highest BCUT2D eigenvalue weighted by molar-refractivity contribution is 5.77. The first-order valence-corrected chi connectivity index (χ1v) is 9.57. The topological polar surface area (TPSA) is 87.9 Å². The molecular formula is C23H22N4O2. The van der Waals surface area contributed by atoms with Crippen LogP contribution in [-0.4, -0.2) is 9.55 Å². The van der Waals surface area contributed by atoms with Crippen LogP contribution in [0.3, 0.4) is 0 Å². The minimum Gasteiger partial charge on any atom is -0.619 e. The van der Waals surface area contributed by atoms with Crippen LogP contribution >= 0.6 is 0 Å². The first kappa shape index (κ1) is 18.7. The summed E-state index contributed by atoms with van der Waals surface area (Å²) in [6, 6.07) is 16.7. The average molecular weight is 386 g/mol. The van der Waals surface area contributed by atoms with Crippen molar-refractivity contribution >= 4 is 16.7 Å². The molecule has 146 valence electrons. The summed E-state index contributed by atoms with van der Waals surface area (Å²) in [4.78, 5) is 17.8. The molecule has 3 aromatic heterocycles. The van der Waals surface area contributed by atoms with Crippen LogP contribution in [0.1, 0.15) is 30.4 Å². The Labute approximate surface area is 168 Å². The van der Waals surface area contributed by atoms with Crippen LogP contribution in [-0.2, 0) is 6.42 Å². The molecule has 1 atom stereocenters. The molecule has 6 nitrogen and oxygen atoms in total. The van der Waals surface area contributed by atoms with Crippen molar-refractivity contribution in [3.05, 3.63) is 99.9 Å². The van der Waals surface area contributed by atoms with Gasteiger partial charge in [-0.3, -0.25) is 9.36 Å². The third-order valence-electron chi connectivity index (χ3n) is 5.21. The molecule has 2 N–H and O–H groups in total. The van der Waals surface area contributed by atoms with E-state index >= 15 is 0 Å². The van der Waals surface area contributed by atoms with Gasteiger partial charge in [0, 0.05) is 35.0 Å². The van der Waals surface area contributed by atoms with Crippen molar-refractivity contribution in [1.82, 2.24) is 9.55 Å². The number of aryl methyl sites for hydroxylation is 1. The maximum absolute atomic E-state index is 13.3. The Morgan fingerprint density at radius 2 is 1.93 bits per heavy atom. The molecule has 29 heavy (non-hydrogen) atoms. The molecule has 0 amide bonds. The maximum Gasteiger partial charge on any atom is 0.259 e. The van der Waals surface area contributed by atoms with Crippen molar-refractivity contribution in [1.29, 1.82) is 0 Å². The number of benzene rings is 1. The molecule has 0 fully saturated rings. The smallest absolute Gasteiger partial charge is 0.259 e. The van der Waals surface area contributed by atoms with Gasteiger partial charge < -0.3 is 10.9 Å². The van der Waals surface area contributed by atoms with Crippen molar-refractivity contribution in [2.24, 2.45) is 0 Å². The van der Waals surface area contributed by atoms with Gasteiger partial charge in [0.05, 0.1) is 5.69 Å². The van der Waals surface area contributed by atoms with E-state index in [0.29, 0.717) is 23.4 Å². The summed E-state index contributed by atoms with van der Waals surface area (Å²) in [7, 11) is 0. The van der Waals surface area contributed by atoms with E-state index in [1.165, 1.54) is 12.4 Å². The standard InChI is InChI=1S/C23H22N4O2/c1-16(17-9-12-26(29)13-10-17)7-8-19-14-18-4-3-11-25-22(18)27(23(19)28)21-6-2-5-20(24)15-21/h2-6,9-16H,7-8,24H2,1H3. The summed E-state index contributed by atoms with van der Waals surface area (Å²) in [5, 5.41) is 12.2. The molecule has 0 aliphatic rings. The lowest BCUT2D eigenvalue weighted by Crippen LogP contribution is -2.24. The monoisotopic (exact) mass is 386 g/mol. The van der Waals surface area contributed by atoms with E-state index in [9.17, 15) is 10.0 Å². The molecule has 4 rings (SSSR count). The summed E-state index contributed by atoms with van der Waals surface area (Å²) < 4.78 is 2.41. The van der Waals surface area contributed by atoms with E-state index in [4.69, 9.17) is 5.73 Å². The van der Waals surface area contributed by atoms with Gasteiger partial charge in [0.25, 0.3) is 5.56 Å². The molecule has 0 aliphatic carbocycles. The fourth-order valence-electron chi connectivity index (χ4n) is 3.57. The van der Waals surface area contributed by atoms with Crippen LogP contribution in [0.4, 0.5) is 5.69 Å². The van der Waals surface area contributed by atoms with Crippen molar-refractivity contribution in [3.63, 3.8) is 0 Å². The highest BCUT2D eigenvalue weighted by Gasteiger charge is 2.14. The number of hydrogen-bond acceptors (Lipinski definition) is 4. The Hall–Kier alpha value is -3.67. The van der Waals surface area contributed by atoms with Gasteiger partial charge in [0.2, 0.25) is 0 Å². The summed E-state index contributed by atoms with van der Waals surface area (Å²) in [5.74, 6) is 0.223. The molecule has 0 aliphatic heterocycles. The second-order valence-electron chi connectivity index (χ2n) is 7.25. The molecule has 3 heterocycles. The molecule has 4 aromatic rings. The average Bonchev–Trinajstić information content (AvgIpc) is 2.72. The van der Waals surface area contributed by atoms with Crippen LogP contribution in [0, 0.1) is 5.21 Å². The Balaban J connectivity index is 1.72. The van der Waals surface area contributed by atoms with Crippen molar-refractivity contribution < 1.29 is 4.73 Å². The lowest BCUT2D eigenvalue weighted by Gasteiger charge is -2.14. The lowest BCUT2D eigenvalue weighted by molar-refractivity contribution is -0.605. The quantitative estimate of drug-likeness (QED) is 0.324. The van der Waals surface area contributed by atoms with Gasteiger partial charge in [0.15, 0.2) is 12.4 Å². The van der Waals surface area contributed by atoms with Gasteiger partial charge in [-0.15, -0.1) is 0 Å². The minimum atomic E-state index is -0.0838. The summed E-state index contributed by atoms with van der Waals surface area (Å²) in [5.41, 5.74) is 9.58. The van der Waals surface area contributed by atoms with E-state index in [1.807, 2.05) is 42.5 Å². The summed E-state index contributed by atoms with van der Waals surface area (Å²) >= 11 is 0. The number of aromatic nitrogens is 3. The molecule has 0 saturated carbocycles. The second kappa shape index (κ2) is 7.75. The highest BCUT2D eigenvalue weighted by atomic mass is 16.5. The second-order valence-corrected chi connectivity index (χ2v) is 7.25. The Morgan fingerprint density at radius 1 is 1.14 bits per heavy atom. The third-order valence-corrected chi connectivity index (χ3v) is 5.21. The van der Waals surface area contributed by atoms with Gasteiger partial charge in [0.1, 0.15) is 5.65 Å². The minimum absolute atomic E-state index is 0.0838. The molecule has 1 aromatic carbocycles. The largest absolute Gasteiger partial charge is 0.619 e. The van der Waals surface area contributed by atoms with E-state index in [1.54, 1.807) is 22.9 Å². The number of nitrogens with two attached hydrogens (primary N) is 1. The van der Waals surface area contributed by atoms with Gasteiger partial charge in [-0.05, 0) is 60.7 Å². The molecule has 0 radical (unpaired) electrons. The number of nitrogen functional groups attached to an aromatic ring is 1. The fourth-order valence-corrected chi connectivity index (χ4v) is 3.57. The normalized spacial score (nSPS) is 12.2. The summed E-state index contributed by atoms with van der Waals surface area (Å²) in [6.07, 6.45) is 6.10. The summed E-state index contributed by atoms with van der Waals surface area (Å²) in [6.45, 7) is 2.10. The zero-order chi connectivity index (χ0) is 20.4. The first-order valence-electron chi connectivity index (χ1n) is 9.57. The molecule has 0 bridgehead atoms. The third kappa shape index (κ3) is 3.82. The zero-order valence-corrected chi connectivity index (χ0v) is 16.2. The molecule has 0 spiro atoms. The van der Waals surface area contributed by atoms with Crippen LogP contribution < -0.4 is 16.0 Å². The maximum atomic E-state index is 13.3. The predicted molar refractivity (Wildman–Crippen MR) is 114 cm³/mol. The van der Waals surface area contributed by atoms with Gasteiger partial charge in [-0.1, -0.05) is 13.0 Å². The van der Waals surface area contributed by atoms with Crippen molar-refractivity contribution in [3.8, 4) is 5.69 Å². The van der Waals surface area contributed by atoms with Gasteiger partial charge >= 0.3 is 0 Å². The fraction of sp³-hybridized carbons (Fsp3) is 0.174. The number of pyridine rings is 3. The lowest BCUT2D eigenvalue weighted by atomic mass is 9.95. The van der Waals surface area contributed by atoms with Crippen molar-refractivity contribution in [2.45, 2.75) is 25.7 Å². The number of nitrogens with zero attached hydrogens (tertiary/aromatic N) is 3. The number of rotatable bonds is 5. The predicted octanol–water partition coefficient (Wildman–Crippen LogP) is 3.34. The number of fused-ring (bicyclic) bond motifs is 1. The number of anilines is 1. The van der Waals surface area contributed by atoms with E-state index < -0.39 is 0 Å². The first-order chi connectivity index (χ1) is 14.0. The Morgan fingerprint density at radius 3 is 2.69 bits per heavy atom. The van der Waals surface area contributed by atoms with E-state index in [2.05, 4.69) is 11.9 Å². The van der Waals surface area contributed by atoms with Gasteiger partial charge in [-0.2, -0.15) is 4.73 Å². The Bertz CT molecular complexity index is 1220. The SMILES string of the molecule is CC(CCc1cc2cccnc2n(-c2cccc(N)c2)c1=O)c1cc[n+]([O-])cc1. The molecular weight excluding hydrogens is 364 g/mol. The van der Waals surface area contributed by atoms with Crippen LogP contribution in [0.25, 0.3) is 16.7 Å². The van der Waals surface area contributed by atoms with E-state index in [0.717, 1.165) is 27.7 Å². The zero-order valence-electron chi connectivity index (χ0n) is 16.2. The van der Waals surface area contributed by atoms with Crippen LogP contribution in [0.2, 0.25) is 0 Å². The van der Waals surface area contributed by atoms with E-state index in [-0.39, 0.29) is 11.5 Å². The molecule has 1 unspecified atom stereocenters.